The predicted octanol–water partition coefficient (Wildman–Crippen LogP) is 4.70. The molecule has 0 bridgehead atoms. The molecular formula is C23H29N5O3S2. The van der Waals surface area contributed by atoms with Gasteiger partial charge in [0.1, 0.15) is 5.00 Å². The molecule has 2 heterocycles. The number of ether oxygens (including phenoxy) is 1. The van der Waals surface area contributed by atoms with E-state index in [-0.39, 0.29) is 11.7 Å². The second kappa shape index (κ2) is 11.3. The van der Waals surface area contributed by atoms with Gasteiger partial charge < -0.3 is 19.5 Å². The number of nitrogens with one attached hydrogen (secondary N) is 1. The van der Waals surface area contributed by atoms with Gasteiger partial charge in [0.15, 0.2) is 11.0 Å². The zero-order chi connectivity index (χ0) is 24.0. The zero-order valence-corrected chi connectivity index (χ0v) is 21.2. The third-order valence-electron chi connectivity index (χ3n) is 5.13. The van der Waals surface area contributed by atoms with Crippen LogP contribution in [-0.2, 0) is 16.1 Å². The van der Waals surface area contributed by atoms with Gasteiger partial charge in [-0.3, -0.25) is 4.79 Å². The second-order valence-corrected chi connectivity index (χ2v) is 9.40. The highest BCUT2D eigenvalue weighted by molar-refractivity contribution is 7.99. The maximum absolute atomic E-state index is 12.6. The van der Waals surface area contributed by atoms with Crippen molar-refractivity contribution in [1.82, 2.24) is 14.8 Å². The van der Waals surface area contributed by atoms with Gasteiger partial charge in [-0.25, -0.2) is 4.79 Å². The van der Waals surface area contributed by atoms with Gasteiger partial charge in [0.05, 0.1) is 18.4 Å². The first-order chi connectivity index (χ1) is 15.9. The number of aromatic nitrogens is 3. The van der Waals surface area contributed by atoms with Crippen molar-refractivity contribution in [2.45, 2.75) is 39.4 Å². The van der Waals surface area contributed by atoms with Crippen LogP contribution in [0.2, 0.25) is 0 Å². The van der Waals surface area contributed by atoms with Gasteiger partial charge in [-0.15, -0.1) is 21.5 Å². The molecule has 0 unspecified atom stereocenters. The molecule has 3 rings (SSSR count). The molecule has 0 spiro atoms. The van der Waals surface area contributed by atoms with Crippen LogP contribution >= 0.6 is 23.1 Å². The van der Waals surface area contributed by atoms with E-state index in [1.54, 1.807) is 6.07 Å². The van der Waals surface area contributed by atoms with Crippen molar-refractivity contribution in [2.75, 3.05) is 36.2 Å². The van der Waals surface area contributed by atoms with E-state index in [1.165, 1.54) is 35.9 Å². The normalized spacial score (nSPS) is 10.8. The summed E-state index contributed by atoms with van der Waals surface area (Å²) in [5.74, 6) is 0.233. The number of rotatable bonds is 10. The van der Waals surface area contributed by atoms with Gasteiger partial charge in [-0.1, -0.05) is 11.8 Å². The number of carbonyl (C=O) groups is 2. The number of thioether (sulfide) groups is 1. The predicted molar refractivity (Wildman–Crippen MR) is 134 cm³/mol. The minimum absolute atomic E-state index is 0.149. The Morgan fingerprint density at radius 2 is 1.85 bits per heavy atom. The van der Waals surface area contributed by atoms with Crippen LogP contribution in [0.1, 0.15) is 36.0 Å². The molecule has 0 aliphatic heterocycles. The molecule has 0 aliphatic carbocycles. The van der Waals surface area contributed by atoms with Crippen molar-refractivity contribution >= 4 is 45.7 Å². The van der Waals surface area contributed by atoms with Crippen molar-refractivity contribution < 1.29 is 14.3 Å². The molecule has 0 radical (unpaired) electrons. The van der Waals surface area contributed by atoms with Crippen LogP contribution in [0.15, 0.2) is 35.5 Å². The SMILES string of the molecule is CCN(CC)c1ccc(-c2nnc(SCC(=O)Nc3sc(C)cc3C(=O)OC)n2CC)cc1. The average Bonchev–Trinajstić information content (AvgIpc) is 3.41. The second-order valence-electron chi connectivity index (χ2n) is 7.20. The third kappa shape index (κ3) is 5.75. The Labute approximate surface area is 202 Å². The number of anilines is 2. The van der Waals surface area contributed by atoms with Crippen LogP contribution in [0, 0.1) is 6.92 Å². The lowest BCUT2D eigenvalue weighted by molar-refractivity contribution is -0.113. The molecule has 33 heavy (non-hydrogen) atoms. The summed E-state index contributed by atoms with van der Waals surface area (Å²) in [4.78, 5) is 27.7. The summed E-state index contributed by atoms with van der Waals surface area (Å²) < 4.78 is 6.80. The first-order valence-corrected chi connectivity index (χ1v) is 12.6. The molecule has 10 heteroatoms. The Balaban J connectivity index is 1.70. The van der Waals surface area contributed by atoms with Crippen LogP contribution in [0.25, 0.3) is 11.4 Å². The number of nitrogens with zero attached hydrogens (tertiary/aromatic N) is 4. The van der Waals surface area contributed by atoms with Crippen LogP contribution < -0.4 is 10.2 Å². The number of hydrogen-bond donors (Lipinski definition) is 1. The van der Waals surface area contributed by atoms with Gasteiger partial charge >= 0.3 is 5.97 Å². The average molecular weight is 488 g/mol. The smallest absolute Gasteiger partial charge is 0.340 e. The summed E-state index contributed by atoms with van der Waals surface area (Å²) in [7, 11) is 1.32. The molecule has 176 valence electrons. The monoisotopic (exact) mass is 487 g/mol. The highest BCUT2D eigenvalue weighted by Crippen LogP contribution is 2.29. The minimum atomic E-state index is -0.468. The maximum Gasteiger partial charge on any atom is 0.340 e. The fourth-order valence-corrected chi connectivity index (χ4v) is 5.18. The zero-order valence-electron chi connectivity index (χ0n) is 19.5. The van der Waals surface area contributed by atoms with Crippen LogP contribution in [0.4, 0.5) is 10.7 Å². The van der Waals surface area contributed by atoms with Crippen LogP contribution in [0.5, 0.6) is 0 Å². The van der Waals surface area contributed by atoms with E-state index < -0.39 is 5.97 Å². The van der Waals surface area contributed by atoms with Crippen LogP contribution in [0.3, 0.4) is 0 Å². The quantitative estimate of drug-likeness (QED) is 0.327. The standard InChI is InChI=1S/C23H29N5O3S2/c1-6-27(7-2)17-11-9-16(10-12-17)20-25-26-23(28(20)8-3)32-14-19(29)24-21-18(22(30)31-5)13-15(4)33-21/h9-13H,6-8,14H2,1-5H3,(H,24,29). The molecular weight excluding hydrogens is 458 g/mol. The van der Waals surface area contributed by atoms with E-state index >= 15 is 0 Å². The summed E-state index contributed by atoms with van der Waals surface area (Å²) in [5, 5.41) is 12.7. The van der Waals surface area contributed by atoms with E-state index in [0.29, 0.717) is 22.3 Å². The maximum atomic E-state index is 12.6. The lowest BCUT2D eigenvalue weighted by Crippen LogP contribution is -2.21. The van der Waals surface area contributed by atoms with Gasteiger partial charge in [0, 0.05) is 35.8 Å². The Bertz CT molecular complexity index is 1100. The Hall–Kier alpha value is -2.85. The molecule has 1 aromatic carbocycles. The molecule has 0 saturated carbocycles. The summed E-state index contributed by atoms with van der Waals surface area (Å²) in [6, 6.07) is 10.0. The molecule has 0 atom stereocenters. The summed E-state index contributed by atoms with van der Waals surface area (Å²) >= 11 is 2.66. The van der Waals surface area contributed by atoms with Crippen LogP contribution in [-0.4, -0.2) is 52.6 Å². The van der Waals surface area contributed by atoms with Gasteiger partial charge in [-0.05, 0) is 58.0 Å². The van der Waals surface area contributed by atoms with Gasteiger partial charge in [0.25, 0.3) is 0 Å². The molecule has 0 aliphatic rings. The molecule has 0 saturated heterocycles. The Kier molecular flexibility index (Phi) is 8.51. The number of amides is 1. The van der Waals surface area contributed by atoms with E-state index in [9.17, 15) is 9.59 Å². The summed E-state index contributed by atoms with van der Waals surface area (Å²) in [6.07, 6.45) is 0. The first-order valence-electron chi connectivity index (χ1n) is 10.8. The number of esters is 1. The Morgan fingerprint density at radius 3 is 2.45 bits per heavy atom. The van der Waals surface area contributed by atoms with Crippen molar-refractivity contribution in [3.05, 3.63) is 40.8 Å². The Morgan fingerprint density at radius 1 is 1.15 bits per heavy atom. The highest BCUT2D eigenvalue weighted by Gasteiger charge is 2.19. The fraction of sp³-hybridized carbons (Fsp3) is 0.391. The van der Waals surface area contributed by atoms with E-state index in [0.717, 1.165) is 29.4 Å². The lowest BCUT2D eigenvalue weighted by atomic mass is 10.2. The van der Waals surface area contributed by atoms with Crippen molar-refractivity contribution in [1.29, 1.82) is 0 Å². The van der Waals surface area contributed by atoms with Crippen molar-refractivity contribution in [3.63, 3.8) is 0 Å². The lowest BCUT2D eigenvalue weighted by Gasteiger charge is -2.21. The van der Waals surface area contributed by atoms with Crippen molar-refractivity contribution in [3.8, 4) is 11.4 Å². The van der Waals surface area contributed by atoms with E-state index in [1.807, 2.05) is 18.4 Å². The first kappa shape index (κ1) is 24.8. The fourth-order valence-electron chi connectivity index (χ4n) is 3.47. The van der Waals surface area contributed by atoms with E-state index in [2.05, 4.69) is 58.5 Å². The van der Waals surface area contributed by atoms with E-state index in [4.69, 9.17) is 4.74 Å². The number of benzene rings is 1. The summed E-state index contributed by atoms with van der Waals surface area (Å²) in [6.45, 7) is 10.8. The third-order valence-corrected chi connectivity index (χ3v) is 7.07. The molecule has 1 amide bonds. The molecule has 1 N–H and O–H groups in total. The number of thiophene rings is 1. The number of methoxy groups -OCH3 is 1. The molecule has 2 aromatic heterocycles. The number of carbonyl (C=O) groups excluding carboxylic acids is 2. The minimum Gasteiger partial charge on any atom is -0.465 e. The van der Waals surface area contributed by atoms with Gasteiger partial charge in [0.2, 0.25) is 5.91 Å². The number of hydrogen-bond acceptors (Lipinski definition) is 8. The highest BCUT2D eigenvalue weighted by atomic mass is 32.2. The molecule has 3 aromatic rings. The van der Waals surface area contributed by atoms with Gasteiger partial charge in [-0.2, -0.15) is 0 Å². The number of aryl methyl sites for hydroxylation is 1. The summed E-state index contributed by atoms with van der Waals surface area (Å²) in [5.41, 5.74) is 2.52. The topological polar surface area (TPSA) is 89.3 Å². The van der Waals surface area contributed by atoms with Crippen molar-refractivity contribution in [2.24, 2.45) is 0 Å². The molecule has 8 nitrogen and oxygen atoms in total. The largest absolute Gasteiger partial charge is 0.465 e. The molecule has 0 fully saturated rings.